The Morgan fingerprint density at radius 3 is 2.22 bits per heavy atom. The lowest BCUT2D eigenvalue weighted by molar-refractivity contribution is 0.357. The number of pyridine rings is 1. The molecule has 0 aliphatic heterocycles. The Bertz CT molecular complexity index is 1980. The summed E-state index contributed by atoms with van der Waals surface area (Å²) in [6.07, 6.45) is 2.04. The van der Waals surface area contributed by atoms with Gasteiger partial charge in [0.2, 0.25) is 5.43 Å². The second-order valence-electron chi connectivity index (χ2n) is 9.93. The van der Waals surface area contributed by atoms with Gasteiger partial charge in [-0.15, -0.1) is 0 Å². The number of methoxy groups -OCH3 is 4. The summed E-state index contributed by atoms with van der Waals surface area (Å²) in [7, 11) is 7.90. The van der Waals surface area contributed by atoms with Gasteiger partial charge in [0.25, 0.3) is 0 Å². The van der Waals surface area contributed by atoms with Crippen LogP contribution in [0.2, 0.25) is 0 Å². The van der Waals surface area contributed by atoms with Gasteiger partial charge in [-0.2, -0.15) is 0 Å². The Labute approximate surface area is 235 Å². The molecule has 0 amide bonds. The molecule has 9 nitrogen and oxygen atoms in total. The number of ether oxygens (including phenoxy) is 4. The van der Waals surface area contributed by atoms with Crippen LogP contribution in [0.3, 0.4) is 0 Å². The highest BCUT2D eigenvalue weighted by molar-refractivity contribution is 6.02. The van der Waals surface area contributed by atoms with Gasteiger partial charge in [0.05, 0.1) is 50.2 Å². The molecule has 5 rings (SSSR count). The van der Waals surface area contributed by atoms with E-state index in [4.69, 9.17) is 23.4 Å². The summed E-state index contributed by atoms with van der Waals surface area (Å²) in [6.45, 7) is 3.94. The molecule has 0 aliphatic rings. The van der Waals surface area contributed by atoms with Crippen molar-refractivity contribution in [1.82, 2.24) is 4.57 Å². The fourth-order valence-corrected chi connectivity index (χ4v) is 5.56. The first kappa shape index (κ1) is 27.6. The first-order valence-corrected chi connectivity index (χ1v) is 12.9. The van der Waals surface area contributed by atoms with Crippen molar-refractivity contribution in [3.63, 3.8) is 0 Å². The summed E-state index contributed by atoms with van der Waals surface area (Å²) in [5.74, 6) is 0.974. The van der Waals surface area contributed by atoms with Gasteiger partial charge >= 0.3 is 5.63 Å². The number of nitrogens with zero attached hydrogens (tertiary/aromatic N) is 1. The number of fused-ring (bicyclic) bond motifs is 3. The number of phenolic OH excluding ortho intramolecular Hbond substituents is 1. The predicted molar refractivity (Wildman–Crippen MR) is 158 cm³/mol. The summed E-state index contributed by atoms with van der Waals surface area (Å²) in [4.78, 5) is 25.9. The summed E-state index contributed by atoms with van der Waals surface area (Å²) in [5.41, 5.74) is 2.87. The van der Waals surface area contributed by atoms with E-state index in [1.165, 1.54) is 40.6 Å². The molecule has 0 spiro atoms. The van der Waals surface area contributed by atoms with Crippen LogP contribution >= 0.6 is 0 Å². The van der Waals surface area contributed by atoms with E-state index >= 15 is 0 Å². The van der Waals surface area contributed by atoms with Crippen molar-refractivity contribution in [2.75, 3.05) is 28.4 Å². The van der Waals surface area contributed by atoms with E-state index in [1.807, 2.05) is 30.6 Å². The van der Waals surface area contributed by atoms with Crippen molar-refractivity contribution >= 4 is 32.8 Å². The molecule has 5 aromatic rings. The Morgan fingerprint density at radius 2 is 1.59 bits per heavy atom. The molecule has 0 saturated heterocycles. The molecule has 0 fully saturated rings. The number of allylic oxidation sites excluding steroid dienone is 2. The average molecular weight is 558 g/mol. The van der Waals surface area contributed by atoms with Gasteiger partial charge in [0.15, 0.2) is 11.5 Å². The number of aromatic hydroxyl groups is 1. The monoisotopic (exact) mass is 557 g/mol. The molecule has 0 bridgehead atoms. The zero-order valence-electron chi connectivity index (χ0n) is 23.9. The van der Waals surface area contributed by atoms with Crippen LogP contribution in [0.5, 0.6) is 28.7 Å². The molecular weight excluding hydrogens is 526 g/mol. The van der Waals surface area contributed by atoms with Gasteiger partial charge in [0, 0.05) is 47.7 Å². The van der Waals surface area contributed by atoms with Gasteiger partial charge in [-0.25, -0.2) is 4.79 Å². The molecule has 0 aliphatic carbocycles. The number of hydrogen-bond acceptors (Lipinski definition) is 8. The van der Waals surface area contributed by atoms with E-state index < -0.39 is 11.5 Å². The lowest BCUT2D eigenvalue weighted by Crippen LogP contribution is -2.15. The third kappa shape index (κ3) is 4.43. The molecular formula is C32H31NO8. The molecule has 0 radical (unpaired) electrons. The van der Waals surface area contributed by atoms with Crippen LogP contribution in [0.15, 0.2) is 68.1 Å². The highest BCUT2D eigenvalue weighted by atomic mass is 16.5. The minimum Gasteiger partial charge on any atom is -0.507 e. The third-order valence-corrected chi connectivity index (χ3v) is 7.28. The van der Waals surface area contributed by atoms with Gasteiger partial charge in [-0.1, -0.05) is 11.6 Å². The Hall–Kier alpha value is -4.92. The van der Waals surface area contributed by atoms with Crippen molar-refractivity contribution in [3.05, 3.63) is 85.9 Å². The average Bonchev–Trinajstić information content (AvgIpc) is 2.96. The number of rotatable bonds is 7. The van der Waals surface area contributed by atoms with E-state index in [1.54, 1.807) is 31.3 Å². The molecule has 1 atom stereocenters. The van der Waals surface area contributed by atoms with E-state index in [9.17, 15) is 14.7 Å². The molecule has 3 aromatic carbocycles. The third-order valence-electron chi connectivity index (χ3n) is 7.28. The molecule has 0 unspecified atom stereocenters. The van der Waals surface area contributed by atoms with Crippen molar-refractivity contribution in [2.24, 2.45) is 7.05 Å². The fraction of sp³-hybridized carbons (Fsp3) is 0.250. The van der Waals surface area contributed by atoms with E-state index in [0.717, 1.165) is 11.1 Å². The van der Waals surface area contributed by atoms with Gasteiger partial charge in [-0.05, 0) is 38.1 Å². The minimum absolute atomic E-state index is 0.140. The standard InChI is InChI=1S/C32H31NO8/c1-16(2)12-20(19-13-17-8-11-26(35)41-23(17)15-24(19)38-5)27-25(39-6)14-21(34)28-30(27)33(3)29-18(31(28)36)9-10-22(37-4)32(29)40-7/h8-15,20,34H,1-7H3/t20-/m1/s1. The quantitative estimate of drug-likeness (QED) is 0.156. The van der Waals surface area contributed by atoms with Crippen molar-refractivity contribution < 1.29 is 28.5 Å². The highest BCUT2D eigenvalue weighted by Gasteiger charge is 2.29. The molecule has 1 N–H and O–H groups in total. The van der Waals surface area contributed by atoms with Crippen LogP contribution in [0.4, 0.5) is 0 Å². The largest absolute Gasteiger partial charge is 0.507 e. The second kappa shape index (κ2) is 10.6. The van der Waals surface area contributed by atoms with Crippen molar-refractivity contribution in [1.29, 1.82) is 0 Å². The van der Waals surface area contributed by atoms with Crippen LogP contribution in [0, 0.1) is 0 Å². The Kier molecular flexibility index (Phi) is 7.13. The zero-order chi connectivity index (χ0) is 29.6. The van der Waals surface area contributed by atoms with Crippen LogP contribution in [0.1, 0.15) is 30.9 Å². The van der Waals surface area contributed by atoms with Crippen LogP contribution in [-0.2, 0) is 7.05 Å². The first-order chi connectivity index (χ1) is 19.6. The number of benzene rings is 3. The first-order valence-electron chi connectivity index (χ1n) is 12.9. The van der Waals surface area contributed by atoms with E-state index in [0.29, 0.717) is 56.0 Å². The summed E-state index contributed by atoms with van der Waals surface area (Å²) < 4.78 is 30.1. The minimum atomic E-state index is -0.510. The molecule has 212 valence electrons. The molecule has 41 heavy (non-hydrogen) atoms. The van der Waals surface area contributed by atoms with Gasteiger partial charge in [-0.3, -0.25) is 4.79 Å². The van der Waals surface area contributed by atoms with E-state index in [2.05, 4.69) is 0 Å². The normalized spacial score (nSPS) is 12.0. The molecule has 0 saturated carbocycles. The summed E-state index contributed by atoms with van der Waals surface area (Å²) >= 11 is 0. The number of hydrogen-bond donors (Lipinski definition) is 1. The maximum Gasteiger partial charge on any atom is 0.336 e. The van der Waals surface area contributed by atoms with Gasteiger partial charge in [0.1, 0.15) is 22.8 Å². The number of aryl methyl sites for hydroxylation is 1. The molecule has 2 heterocycles. The smallest absolute Gasteiger partial charge is 0.336 e. The predicted octanol–water partition coefficient (Wildman–Crippen LogP) is 5.64. The Morgan fingerprint density at radius 1 is 0.878 bits per heavy atom. The SMILES string of the molecule is COc1cc2oc(=O)ccc2cc1[C@@H](C=C(C)C)c1c(OC)cc(O)c2c(=O)c3ccc(OC)c(OC)c3n(C)c12. The maximum absolute atomic E-state index is 14.0. The molecule has 9 heteroatoms. The fourth-order valence-electron chi connectivity index (χ4n) is 5.56. The second-order valence-corrected chi connectivity index (χ2v) is 9.93. The van der Waals surface area contributed by atoms with Crippen LogP contribution < -0.4 is 30.0 Å². The lowest BCUT2D eigenvalue weighted by Gasteiger charge is -2.25. The van der Waals surface area contributed by atoms with Crippen LogP contribution in [0.25, 0.3) is 32.8 Å². The maximum atomic E-state index is 14.0. The summed E-state index contributed by atoms with van der Waals surface area (Å²) in [5, 5.41) is 12.4. The topological polar surface area (TPSA) is 109 Å². The van der Waals surface area contributed by atoms with Crippen molar-refractivity contribution in [3.8, 4) is 28.7 Å². The van der Waals surface area contributed by atoms with E-state index in [-0.39, 0.29) is 16.6 Å². The van der Waals surface area contributed by atoms with Gasteiger partial charge < -0.3 is 33.0 Å². The zero-order valence-corrected chi connectivity index (χ0v) is 23.9. The summed E-state index contributed by atoms with van der Waals surface area (Å²) in [6, 6.07) is 11.4. The number of aromatic nitrogens is 1. The Balaban J connectivity index is 2.02. The number of phenols is 1. The highest BCUT2D eigenvalue weighted by Crippen LogP contribution is 2.46. The molecule has 2 aromatic heterocycles. The van der Waals surface area contributed by atoms with Crippen molar-refractivity contribution in [2.45, 2.75) is 19.8 Å². The lowest BCUT2D eigenvalue weighted by atomic mass is 9.85. The van der Waals surface area contributed by atoms with Crippen LogP contribution in [-0.4, -0.2) is 38.1 Å².